The minimum atomic E-state index is -0.344. The van der Waals surface area contributed by atoms with E-state index in [0.717, 1.165) is 25.7 Å². The first-order chi connectivity index (χ1) is 8.04. The quantitative estimate of drug-likeness (QED) is 0.677. The molecule has 0 aliphatic heterocycles. The number of rotatable bonds is 7. The van der Waals surface area contributed by atoms with Crippen LogP contribution in [0.15, 0.2) is 0 Å². The molecule has 1 amide bonds. The molecule has 0 heterocycles. The Bertz CT molecular complexity index is 285. The second kappa shape index (κ2) is 6.31. The van der Waals surface area contributed by atoms with E-state index in [1.54, 1.807) is 7.11 Å². The van der Waals surface area contributed by atoms with Crippen LogP contribution in [0.1, 0.15) is 39.0 Å². The first kappa shape index (κ1) is 14.4. The molecule has 17 heavy (non-hydrogen) atoms. The third-order valence-electron chi connectivity index (χ3n) is 3.52. The van der Waals surface area contributed by atoms with E-state index in [4.69, 9.17) is 22.7 Å². The summed E-state index contributed by atoms with van der Waals surface area (Å²) >= 11 is 4.92. The van der Waals surface area contributed by atoms with Gasteiger partial charge in [-0.3, -0.25) is 4.79 Å². The van der Waals surface area contributed by atoms with Crippen LogP contribution < -0.4 is 11.1 Å². The predicted octanol–water partition coefficient (Wildman–Crippen LogP) is 1.37. The highest BCUT2D eigenvalue weighted by atomic mass is 32.1. The van der Waals surface area contributed by atoms with Gasteiger partial charge in [0.25, 0.3) is 0 Å². The molecule has 1 atom stereocenters. The minimum absolute atomic E-state index is 0.0670. The molecular formula is C12H22N2O2S. The summed E-state index contributed by atoms with van der Waals surface area (Å²) in [6.07, 6.45) is 4.79. The summed E-state index contributed by atoms with van der Waals surface area (Å²) < 4.78 is 5.45. The molecular weight excluding hydrogens is 236 g/mol. The smallest absolute Gasteiger partial charge is 0.230 e. The fourth-order valence-electron chi connectivity index (χ4n) is 2.09. The Morgan fingerprint density at radius 1 is 1.59 bits per heavy atom. The van der Waals surface area contributed by atoms with Crippen LogP contribution in [0.4, 0.5) is 0 Å². The van der Waals surface area contributed by atoms with Crippen molar-refractivity contribution in [2.75, 3.05) is 13.7 Å². The molecule has 3 N–H and O–H groups in total. The van der Waals surface area contributed by atoms with Crippen molar-refractivity contribution in [2.24, 2.45) is 11.7 Å². The first-order valence-corrected chi connectivity index (χ1v) is 6.57. The Kier molecular flexibility index (Phi) is 5.33. The molecule has 0 aromatic heterocycles. The zero-order chi connectivity index (χ0) is 12.9. The van der Waals surface area contributed by atoms with E-state index in [0.29, 0.717) is 13.0 Å². The number of hydrogen-bond acceptors (Lipinski definition) is 3. The van der Waals surface area contributed by atoms with Crippen molar-refractivity contribution < 1.29 is 9.53 Å². The number of carbonyl (C=O) groups is 1. The second-order valence-electron chi connectivity index (χ2n) is 4.70. The largest absolute Gasteiger partial charge is 0.393 e. The highest BCUT2D eigenvalue weighted by molar-refractivity contribution is 7.80. The monoisotopic (exact) mass is 258 g/mol. The summed E-state index contributed by atoms with van der Waals surface area (Å²) in [5.41, 5.74) is 5.43. The average Bonchev–Trinajstić information content (AvgIpc) is 2.24. The molecule has 1 rings (SSSR count). The molecule has 1 unspecified atom stereocenters. The molecule has 0 bridgehead atoms. The fourth-order valence-corrected chi connectivity index (χ4v) is 2.31. The predicted molar refractivity (Wildman–Crippen MR) is 71.8 cm³/mol. The van der Waals surface area contributed by atoms with Crippen LogP contribution in [-0.4, -0.2) is 30.2 Å². The maximum absolute atomic E-state index is 11.9. The van der Waals surface area contributed by atoms with Gasteiger partial charge < -0.3 is 15.8 Å². The van der Waals surface area contributed by atoms with Crippen LogP contribution in [0.2, 0.25) is 0 Å². The number of carbonyl (C=O) groups excluding carboxylic acids is 1. The molecule has 1 saturated carbocycles. The lowest BCUT2D eigenvalue weighted by atomic mass is 9.80. The molecule has 0 aromatic carbocycles. The molecule has 1 fully saturated rings. The molecule has 0 radical (unpaired) electrons. The van der Waals surface area contributed by atoms with Gasteiger partial charge >= 0.3 is 0 Å². The standard InChI is InChI=1S/C12H22N2O2S/c1-3-5-9(10(13)17)11(15)14-8-12(16-2)6-4-7-12/h9H,3-8H2,1-2H3,(H2,13,17)(H,14,15). The van der Waals surface area contributed by atoms with Gasteiger partial charge in [-0.05, 0) is 25.7 Å². The number of ether oxygens (including phenoxy) is 1. The molecule has 0 saturated heterocycles. The molecule has 1 aliphatic rings. The minimum Gasteiger partial charge on any atom is -0.393 e. The molecule has 5 heteroatoms. The summed E-state index contributed by atoms with van der Waals surface area (Å²) in [5, 5.41) is 2.91. The van der Waals surface area contributed by atoms with Crippen LogP contribution in [0, 0.1) is 5.92 Å². The van der Waals surface area contributed by atoms with Crippen LogP contribution in [0.25, 0.3) is 0 Å². The zero-order valence-corrected chi connectivity index (χ0v) is 11.4. The van der Waals surface area contributed by atoms with Crippen molar-refractivity contribution in [1.82, 2.24) is 5.32 Å². The van der Waals surface area contributed by atoms with E-state index in [2.05, 4.69) is 5.32 Å². The van der Waals surface area contributed by atoms with Gasteiger partial charge in [-0.1, -0.05) is 25.6 Å². The summed E-state index contributed by atoms with van der Waals surface area (Å²) in [6.45, 7) is 2.58. The van der Waals surface area contributed by atoms with E-state index in [-0.39, 0.29) is 22.4 Å². The van der Waals surface area contributed by atoms with Crippen molar-refractivity contribution in [3.8, 4) is 0 Å². The van der Waals surface area contributed by atoms with Gasteiger partial charge in [-0.2, -0.15) is 0 Å². The van der Waals surface area contributed by atoms with Gasteiger partial charge in [0.15, 0.2) is 0 Å². The average molecular weight is 258 g/mol. The SMILES string of the molecule is CCCC(C(=O)NCC1(OC)CCC1)C(N)=S. The van der Waals surface area contributed by atoms with Crippen LogP contribution in [0.5, 0.6) is 0 Å². The van der Waals surface area contributed by atoms with E-state index in [1.807, 2.05) is 6.92 Å². The topological polar surface area (TPSA) is 64.3 Å². The molecule has 0 spiro atoms. The van der Waals surface area contributed by atoms with Crippen LogP contribution in [0.3, 0.4) is 0 Å². The van der Waals surface area contributed by atoms with E-state index >= 15 is 0 Å². The van der Waals surface area contributed by atoms with E-state index < -0.39 is 0 Å². The van der Waals surface area contributed by atoms with Crippen molar-refractivity contribution in [3.63, 3.8) is 0 Å². The van der Waals surface area contributed by atoms with Gasteiger partial charge in [0.05, 0.1) is 16.5 Å². The first-order valence-electron chi connectivity index (χ1n) is 6.17. The Labute approximate surface area is 108 Å². The number of nitrogens with two attached hydrogens (primary N) is 1. The van der Waals surface area contributed by atoms with Gasteiger partial charge in [0.1, 0.15) is 0 Å². The van der Waals surface area contributed by atoms with E-state index in [9.17, 15) is 4.79 Å². The molecule has 1 aliphatic carbocycles. The fraction of sp³-hybridized carbons (Fsp3) is 0.833. The van der Waals surface area contributed by atoms with Gasteiger partial charge in [0.2, 0.25) is 5.91 Å². The Morgan fingerprint density at radius 3 is 2.59 bits per heavy atom. The highest BCUT2D eigenvalue weighted by Gasteiger charge is 2.37. The van der Waals surface area contributed by atoms with Gasteiger partial charge in [-0.25, -0.2) is 0 Å². The third-order valence-corrected chi connectivity index (χ3v) is 3.80. The zero-order valence-electron chi connectivity index (χ0n) is 10.6. The lowest BCUT2D eigenvalue weighted by Crippen LogP contribution is -2.51. The maximum Gasteiger partial charge on any atom is 0.230 e. The van der Waals surface area contributed by atoms with Crippen molar-refractivity contribution in [3.05, 3.63) is 0 Å². The Balaban J connectivity index is 2.44. The normalized spacial score (nSPS) is 19.2. The summed E-state index contributed by atoms with van der Waals surface area (Å²) in [7, 11) is 1.70. The summed E-state index contributed by atoms with van der Waals surface area (Å²) in [5.74, 6) is -0.411. The summed E-state index contributed by atoms with van der Waals surface area (Å²) in [6, 6.07) is 0. The van der Waals surface area contributed by atoms with Gasteiger partial charge in [-0.15, -0.1) is 0 Å². The number of amides is 1. The summed E-state index contributed by atoms with van der Waals surface area (Å²) in [4.78, 5) is 12.2. The highest BCUT2D eigenvalue weighted by Crippen LogP contribution is 2.34. The van der Waals surface area contributed by atoms with Crippen LogP contribution >= 0.6 is 12.2 Å². The van der Waals surface area contributed by atoms with Crippen molar-refractivity contribution >= 4 is 23.1 Å². The number of hydrogen-bond donors (Lipinski definition) is 2. The van der Waals surface area contributed by atoms with E-state index in [1.165, 1.54) is 0 Å². The molecule has 4 nitrogen and oxygen atoms in total. The van der Waals surface area contributed by atoms with Crippen LogP contribution in [-0.2, 0) is 9.53 Å². The number of nitrogens with one attached hydrogen (secondary N) is 1. The lowest BCUT2D eigenvalue weighted by molar-refractivity contribution is -0.126. The maximum atomic E-state index is 11.9. The van der Waals surface area contributed by atoms with Crippen molar-refractivity contribution in [2.45, 2.75) is 44.6 Å². The molecule has 98 valence electrons. The Hall–Kier alpha value is -0.680. The van der Waals surface area contributed by atoms with Gasteiger partial charge in [0, 0.05) is 13.7 Å². The lowest BCUT2D eigenvalue weighted by Gasteiger charge is -2.40. The van der Waals surface area contributed by atoms with Crippen molar-refractivity contribution in [1.29, 1.82) is 0 Å². The number of methoxy groups -OCH3 is 1. The third kappa shape index (κ3) is 3.64. The second-order valence-corrected chi connectivity index (χ2v) is 5.17. The Morgan fingerprint density at radius 2 is 2.24 bits per heavy atom. The number of thiocarbonyl (C=S) groups is 1. The molecule has 0 aromatic rings.